The van der Waals surface area contributed by atoms with Crippen molar-refractivity contribution in [1.29, 1.82) is 0 Å². The molecule has 0 spiro atoms. The van der Waals surface area contributed by atoms with Crippen LogP contribution in [-0.2, 0) is 4.74 Å². The van der Waals surface area contributed by atoms with Gasteiger partial charge in [0.15, 0.2) is 0 Å². The highest BCUT2D eigenvalue weighted by Crippen LogP contribution is 2.21. The molecule has 2 unspecified atom stereocenters. The van der Waals surface area contributed by atoms with E-state index in [-0.39, 0.29) is 0 Å². The molecule has 0 bridgehead atoms. The molecule has 3 nitrogen and oxygen atoms in total. The molecular weight excluding hydrogens is 166 g/mol. The highest BCUT2D eigenvalue weighted by Gasteiger charge is 2.23. The number of hydrogen-bond acceptors (Lipinski definition) is 3. The monoisotopic (exact) mass is 187 g/mol. The van der Waals surface area contributed by atoms with Crippen LogP contribution in [0.2, 0.25) is 0 Å². The highest BCUT2D eigenvalue weighted by atomic mass is 16.5. The number of aliphatic hydroxyl groups excluding tert-OH is 1. The van der Waals surface area contributed by atoms with Gasteiger partial charge in [0.2, 0.25) is 0 Å². The van der Waals surface area contributed by atoms with Crippen LogP contribution >= 0.6 is 0 Å². The second-order valence-corrected chi connectivity index (χ2v) is 3.75. The Bertz CT molecular complexity index is 130. The van der Waals surface area contributed by atoms with Gasteiger partial charge in [-0.3, -0.25) is 0 Å². The van der Waals surface area contributed by atoms with Crippen LogP contribution in [0.5, 0.6) is 0 Å². The topological polar surface area (TPSA) is 41.5 Å². The molecule has 0 aromatic rings. The van der Waals surface area contributed by atoms with Crippen LogP contribution in [0.1, 0.15) is 32.1 Å². The number of ether oxygens (including phenoxy) is 1. The maximum Gasteiger partial charge on any atom is 0.0586 e. The summed E-state index contributed by atoms with van der Waals surface area (Å²) in [6.45, 7) is 1.34. The number of nitrogens with one attached hydrogen (secondary N) is 1. The van der Waals surface area contributed by atoms with Gasteiger partial charge in [-0.15, -0.1) is 0 Å². The molecule has 0 saturated heterocycles. The van der Waals surface area contributed by atoms with E-state index in [2.05, 4.69) is 5.32 Å². The number of hydrogen-bond donors (Lipinski definition) is 2. The van der Waals surface area contributed by atoms with Crippen molar-refractivity contribution < 1.29 is 9.84 Å². The van der Waals surface area contributed by atoms with Crippen LogP contribution in [-0.4, -0.2) is 37.5 Å². The lowest BCUT2D eigenvalue weighted by molar-refractivity contribution is 0.107. The Morgan fingerprint density at radius 1 is 1.38 bits per heavy atom. The first-order chi connectivity index (χ1) is 6.36. The summed E-state index contributed by atoms with van der Waals surface area (Å²) in [5, 5.41) is 12.1. The van der Waals surface area contributed by atoms with Gasteiger partial charge in [-0.05, 0) is 38.6 Å². The molecule has 1 saturated carbocycles. The number of methoxy groups -OCH3 is 1. The number of unbranched alkanes of at least 4 members (excludes halogenated alkanes) is 1. The van der Waals surface area contributed by atoms with Crippen molar-refractivity contribution in [1.82, 2.24) is 5.32 Å². The van der Waals surface area contributed by atoms with Gasteiger partial charge in [-0.1, -0.05) is 0 Å². The molecule has 1 aliphatic rings. The summed E-state index contributed by atoms with van der Waals surface area (Å²) in [7, 11) is 1.79. The van der Waals surface area contributed by atoms with Crippen molar-refractivity contribution in [2.24, 2.45) is 0 Å². The second kappa shape index (κ2) is 6.35. The van der Waals surface area contributed by atoms with Gasteiger partial charge in [0.25, 0.3) is 0 Å². The summed E-state index contributed by atoms with van der Waals surface area (Å²) < 4.78 is 5.29. The molecule has 3 heteroatoms. The predicted octanol–water partition coefficient (Wildman–Crippen LogP) is 0.916. The standard InChI is InChI=1S/C10H21NO2/c1-13-10-5-4-9(8-10)11-6-2-3-7-12/h9-12H,2-8H2,1H3. The van der Waals surface area contributed by atoms with E-state index in [1.165, 1.54) is 12.8 Å². The molecule has 2 atom stereocenters. The summed E-state index contributed by atoms with van der Waals surface area (Å²) in [5.74, 6) is 0. The molecule has 2 N–H and O–H groups in total. The fourth-order valence-corrected chi connectivity index (χ4v) is 1.88. The Balaban J connectivity index is 1.97. The number of rotatable bonds is 6. The Hall–Kier alpha value is -0.120. The first-order valence-corrected chi connectivity index (χ1v) is 5.24. The van der Waals surface area contributed by atoms with E-state index in [1.807, 2.05) is 0 Å². The lowest BCUT2D eigenvalue weighted by Gasteiger charge is -2.12. The lowest BCUT2D eigenvalue weighted by atomic mass is 10.2. The van der Waals surface area contributed by atoms with Crippen LogP contribution in [0.15, 0.2) is 0 Å². The molecule has 0 aromatic heterocycles. The average Bonchev–Trinajstić information content (AvgIpc) is 2.60. The van der Waals surface area contributed by atoms with Crippen LogP contribution in [0.3, 0.4) is 0 Å². The second-order valence-electron chi connectivity index (χ2n) is 3.75. The maximum absolute atomic E-state index is 8.59. The molecule has 78 valence electrons. The van der Waals surface area contributed by atoms with Crippen molar-refractivity contribution in [3.05, 3.63) is 0 Å². The zero-order valence-corrected chi connectivity index (χ0v) is 8.46. The fraction of sp³-hybridized carbons (Fsp3) is 1.00. The predicted molar refractivity (Wildman–Crippen MR) is 52.8 cm³/mol. The molecule has 1 rings (SSSR count). The first kappa shape index (κ1) is 11.0. The zero-order valence-electron chi connectivity index (χ0n) is 8.46. The summed E-state index contributed by atoms with van der Waals surface area (Å²) >= 11 is 0. The number of aliphatic hydroxyl groups is 1. The minimum Gasteiger partial charge on any atom is -0.396 e. The van der Waals surface area contributed by atoms with E-state index in [9.17, 15) is 0 Å². The fourth-order valence-electron chi connectivity index (χ4n) is 1.88. The van der Waals surface area contributed by atoms with Crippen LogP contribution in [0.4, 0.5) is 0 Å². The molecule has 0 radical (unpaired) electrons. The summed E-state index contributed by atoms with van der Waals surface area (Å²) in [6.07, 6.45) is 6.02. The Labute approximate surface area is 80.5 Å². The molecular formula is C10H21NO2. The molecule has 0 aromatic carbocycles. The van der Waals surface area contributed by atoms with Crippen LogP contribution in [0.25, 0.3) is 0 Å². The normalized spacial score (nSPS) is 28.2. The van der Waals surface area contributed by atoms with Gasteiger partial charge >= 0.3 is 0 Å². The van der Waals surface area contributed by atoms with Crippen molar-refractivity contribution in [2.75, 3.05) is 20.3 Å². The summed E-state index contributed by atoms with van der Waals surface area (Å²) in [5.41, 5.74) is 0. The van der Waals surface area contributed by atoms with Crippen LogP contribution in [0, 0.1) is 0 Å². The van der Waals surface area contributed by atoms with E-state index in [0.29, 0.717) is 18.8 Å². The SMILES string of the molecule is COC1CCC(NCCCCO)C1. The van der Waals surface area contributed by atoms with E-state index in [4.69, 9.17) is 9.84 Å². The minimum absolute atomic E-state index is 0.313. The average molecular weight is 187 g/mol. The largest absolute Gasteiger partial charge is 0.396 e. The van der Waals surface area contributed by atoms with E-state index in [0.717, 1.165) is 25.8 Å². The molecule has 0 amide bonds. The van der Waals surface area contributed by atoms with E-state index in [1.54, 1.807) is 7.11 Å². The quantitative estimate of drug-likeness (QED) is 0.607. The smallest absolute Gasteiger partial charge is 0.0586 e. The summed E-state index contributed by atoms with van der Waals surface area (Å²) in [4.78, 5) is 0. The molecule has 0 aliphatic heterocycles. The van der Waals surface area contributed by atoms with Gasteiger partial charge in [0.05, 0.1) is 6.10 Å². The Morgan fingerprint density at radius 3 is 2.85 bits per heavy atom. The van der Waals surface area contributed by atoms with Crippen molar-refractivity contribution in [2.45, 2.75) is 44.2 Å². The van der Waals surface area contributed by atoms with Gasteiger partial charge in [-0.25, -0.2) is 0 Å². The zero-order chi connectivity index (χ0) is 9.52. The third-order valence-corrected chi connectivity index (χ3v) is 2.74. The minimum atomic E-state index is 0.313. The van der Waals surface area contributed by atoms with Gasteiger partial charge in [0, 0.05) is 19.8 Å². The molecule has 1 aliphatic carbocycles. The van der Waals surface area contributed by atoms with E-state index < -0.39 is 0 Å². The van der Waals surface area contributed by atoms with Crippen molar-refractivity contribution in [3.8, 4) is 0 Å². The maximum atomic E-state index is 8.59. The summed E-state index contributed by atoms with van der Waals surface area (Å²) in [6, 6.07) is 0.642. The van der Waals surface area contributed by atoms with E-state index >= 15 is 0 Å². The van der Waals surface area contributed by atoms with Crippen molar-refractivity contribution in [3.63, 3.8) is 0 Å². The molecule has 13 heavy (non-hydrogen) atoms. The van der Waals surface area contributed by atoms with Gasteiger partial charge < -0.3 is 15.2 Å². The first-order valence-electron chi connectivity index (χ1n) is 5.24. The lowest BCUT2D eigenvalue weighted by Crippen LogP contribution is -2.28. The van der Waals surface area contributed by atoms with Gasteiger partial charge in [-0.2, -0.15) is 0 Å². The van der Waals surface area contributed by atoms with Crippen LogP contribution < -0.4 is 5.32 Å². The molecule has 0 heterocycles. The van der Waals surface area contributed by atoms with Crippen molar-refractivity contribution >= 4 is 0 Å². The third-order valence-electron chi connectivity index (χ3n) is 2.74. The Kier molecular flexibility index (Phi) is 5.35. The molecule has 1 fully saturated rings. The van der Waals surface area contributed by atoms with Gasteiger partial charge in [0.1, 0.15) is 0 Å². The Morgan fingerprint density at radius 2 is 2.23 bits per heavy atom. The highest BCUT2D eigenvalue weighted by molar-refractivity contribution is 4.80. The third kappa shape index (κ3) is 4.07.